The van der Waals surface area contributed by atoms with E-state index in [-0.39, 0.29) is 5.15 Å². The predicted octanol–water partition coefficient (Wildman–Crippen LogP) is 2.11. The Morgan fingerprint density at radius 3 is 2.67 bits per heavy atom. The Hall–Kier alpha value is -2.13. The maximum Gasteiger partial charge on any atom is 0.131 e. The summed E-state index contributed by atoms with van der Waals surface area (Å²) in [6, 6.07) is 12.1. The molecule has 0 spiro atoms. The molecule has 21 heavy (non-hydrogen) atoms. The summed E-state index contributed by atoms with van der Waals surface area (Å²) in [5.74, 6) is 0. The van der Waals surface area contributed by atoms with Crippen molar-refractivity contribution in [1.82, 2.24) is 4.98 Å². The highest BCUT2D eigenvalue weighted by Gasteiger charge is 2.21. The van der Waals surface area contributed by atoms with Crippen LogP contribution in [0.5, 0.6) is 0 Å². The molecule has 0 bridgehead atoms. The van der Waals surface area contributed by atoms with Gasteiger partial charge in [0.15, 0.2) is 0 Å². The second-order valence-electron chi connectivity index (χ2n) is 4.45. The Kier molecular flexibility index (Phi) is 5.12. The molecule has 2 aromatic rings. The smallest absolute Gasteiger partial charge is 0.131 e. The number of aliphatic hydroxyl groups excluding tert-OH is 2. The molecule has 0 aliphatic heterocycles. The third-order valence-electron chi connectivity index (χ3n) is 3.03. The highest BCUT2D eigenvalue weighted by atomic mass is 35.5. The van der Waals surface area contributed by atoms with Crippen LogP contribution < -0.4 is 5.32 Å². The molecule has 5 nitrogen and oxygen atoms in total. The highest BCUT2D eigenvalue weighted by Crippen LogP contribution is 2.26. The summed E-state index contributed by atoms with van der Waals surface area (Å²) < 4.78 is 0. The molecular formula is C15H14ClN3O2. The fourth-order valence-electron chi connectivity index (χ4n) is 1.97. The molecule has 2 rings (SSSR count). The molecule has 2 atom stereocenters. The Morgan fingerprint density at radius 2 is 2.05 bits per heavy atom. The number of aliphatic hydroxyl groups is 2. The van der Waals surface area contributed by atoms with Gasteiger partial charge in [-0.1, -0.05) is 41.9 Å². The van der Waals surface area contributed by atoms with Gasteiger partial charge in [-0.2, -0.15) is 5.26 Å². The number of hydrogen-bond acceptors (Lipinski definition) is 5. The van der Waals surface area contributed by atoms with Gasteiger partial charge in [0, 0.05) is 6.20 Å². The molecule has 0 radical (unpaired) electrons. The van der Waals surface area contributed by atoms with E-state index in [0.29, 0.717) is 11.3 Å². The normalized spacial score (nSPS) is 13.2. The van der Waals surface area contributed by atoms with Crippen LogP contribution in [0.3, 0.4) is 0 Å². The number of benzene rings is 1. The molecule has 0 aliphatic carbocycles. The quantitative estimate of drug-likeness (QED) is 0.736. The number of anilines is 1. The molecule has 0 fully saturated rings. The Bertz CT molecular complexity index is 643. The fourth-order valence-corrected chi connectivity index (χ4v) is 2.13. The van der Waals surface area contributed by atoms with Gasteiger partial charge in [0.05, 0.1) is 23.9 Å². The van der Waals surface area contributed by atoms with E-state index in [4.69, 9.17) is 16.9 Å². The molecule has 0 saturated carbocycles. The molecule has 2 unspecified atom stereocenters. The second-order valence-corrected chi connectivity index (χ2v) is 4.83. The lowest BCUT2D eigenvalue weighted by atomic mass is 10.0. The number of nitrogens with zero attached hydrogens (tertiary/aromatic N) is 2. The molecule has 0 saturated heterocycles. The van der Waals surface area contributed by atoms with Crippen molar-refractivity contribution in [3.8, 4) is 6.07 Å². The van der Waals surface area contributed by atoms with E-state index in [1.54, 1.807) is 0 Å². The SMILES string of the molecule is N#Cc1cnc(Cl)cc1NC(c1ccccc1)C(O)CO. The molecule has 1 aromatic heterocycles. The van der Waals surface area contributed by atoms with Crippen molar-refractivity contribution in [3.63, 3.8) is 0 Å². The van der Waals surface area contributed by atoms with Gasteiger partial charge in [-0.25, -0.2) is 4.98 Å². The summed E-state index contributed by atoms with van der Waals surface area (Å²) in [5.41, 5.74) is 1.56. The predicted molar refractivity (Wildman–Crippen MR) is 79.9 cm³/mol. The van der Waals surface area contributed by atoms with E-state index < -0.39 is 18.8 Å². The van der Waals surface area contributed by atoms with Crippen molar-refractivity contribution in [2.75, 3.05) is 11.9 Å². The summed E-state index contributed by atoms with van der Waals surface area (Å²) in [5, 5.41) is 31.6. The van der Waals surface area contributed by atoms with E-state index in [0.717, 1.165) is 5.56 Å². The zero-order chi connectivity index (χ0) is 15.2. The molecular weight excluding hydrogens is 290 g/mol. The lowest BCUT2D eigenvalue weighted by molar-refractivity contribution is 0.0794. The van der Waals surface area contributed by atoms with Crippen LogP contribution in [0.25, 0.3) is 0 Å². The van der Waals surface area contributed by atoms with Crippen LogP contribution in [-0.2, 0) is 0 Å². The summed E-state index contributed by atoms with van der Waals surface area (Å²) in [7, 11) is 0. The highest BCUT2D eigenvalue weighted by molar-refractivity contribution is 6.29. The van der Waals surface area contributed by atoms with Crippen LogP contribution in [0.15, 0.2) is 42.6 Å². The number of nitrogens with one attached hydrogen (secondary N) is 1. The molecule has 0 aliphatic rings. The number of pyridine rings is 1. The Balaban J connectivity index is 2.36. The number of rotatable bonds is 5. The third-order valence-corrected chi connectivity index (χ3v) is 3.24. The molecule has 3 N–H and O–H groups in total. The number of hydrogen-bond donors (Lipinski definition) is 3. The van der Waals surface area contributed by atoms with E-state index in [2.05, 4.69) is 10.3 Å². The summed E-state index contributed by atoms with van der Waals surface area (Å²) in [4.78, 5) is 3.85. The third kappa shape index (κ3) is 3.70. The lowest BCUT2D eigenvalue weighted by Crippen LogP contribution is -2.28. The van der Waals surface area contributed by atoms with Crippen molar-refractivity contribution in [1.29, 1.82) is 5.26 Å². The summed E-state index contributed by atoms with van der Waals surface area (Å²) in [6.07, 6.45) is 0.337. The first-order valence-corrected chi connectivity index (χ1v) is 6.69. The van der Waals surface area contributed by atoms with E-state index in [9.17, 15) is 10.2 Å². The minimum absolute atomic E-state index is 0.238. The first-order chi connectivity index (χ1) is 10.2. The van der Waals surface area contributed by atoms with Crippen LogP contribution in [0.1, 0.15) is 17.2 Å². The minimum Gasteiger partial charge on any atom is -0.394 e. The summed E-state index contributed by atoms with van der Waals surface area (Å²) >= 11 is 5.84. The van der Waals surface area contributed by atoms with E-state index in [1.165, 1.54) is 12.3 Å². The van der Waals surface area contributed by atoms with Crippen LogP contribution >= 0.6 is 11.6 Å². The zero-order valence-corrected chi connectivity index (χ0v) is 11.8. The largest absolute Gasteiger partial charge is 0.394 e. The molecule has 1 aromatic carbocycles. The van der Waals surface area contributed by atoms with Crippen molar-refractivity contribution in [3.05, 3.63) is 58.9 Å². The Morgan fingerprint density at radius 1 is 1.33 bits per heavy atom. The van der Waals surface area contributed by atoms with Gasteiger partial charge in [0.25, 0.3) is 0 Å². The van der Waals surface area contributed by atoms with Crippen molar-refractivity contribution >= 4 is 17.3 Å². The van der Waals surface area contributed by atoms with Crippen LogP contribution in [-0.4, -0.2) is 27.9 Å². The van der Waals surface area contributed by atoms with Crippen molar-refractivity contribution in [2.24, 2.45) is 0 Å². The van der Waals surface area contributed by atoms with Gasteiger partial charge < -0.3 is 15.5 Å². The topological polar surface area (TPSA) is 89.2 Å². The monoisotopic (exact) mass is 303 g/mol. The second kappa shape index (κ2) is 7.04. The maximum atomic E-state index is 10.0. The van der Waals surface area contributed by atoms with Crippen LogP contribution in [0.2, 0.25) is 5.15 Å². The first-order valence-electron chi connectivity index (χ1n) is 6.31. The van der Waals surface area contributed by atoms with Gasteiger partial charge in [-0.15, -0.1) is 0 Å². The van der Waals surface area contributed by atoms with Gasteiger partial charge in [-0.05, 0) is 11.6 Å². The number of aromatic nitrogens is 1. The fraction of sp³-hybridized carbons (Fsp3) is 0.200. The molecule has 0 amide bonds. The minimum atomic E-state index is -1.02. The number of nitriles is 1. The Labute approximate surface area is 127 Å². The molecule has 108 valence electrons. The van der Waals surface area contributed by atoms with Gasteiger partial charge in [0.2, 0.25) is 0 Å². The summed E-state index contributed by atoms with van der Waals surface area (Å²) in [6.45, 7) is -0.409. The van der Waals surface area contributed by atoms with Crippen molar-refractivity contribution in [2.45, 2.75) is 12.1 Å². The van der Waals surface area contributed by atoms with Gasteiger partial charge in [-0.3, -0.25) is 0 Å². The van der Waals surface area contributed by atoms with E-state index in [1.807, 2.05) is 36.4 Å². The first kappa shape index (κ1) is 15.3. The zero-order valence-electron chi connectivity index (χ0n) is 11.1. The molecule has 6 heteroatoms. The molecule has 1 heterocycles. The van der Waals surface area contributed by atoms with Crippen molar-refractivity contribution < 1.29 is 10.2 Å². The van der Waals surface area contributed by atoms with E-state index >= 15 is 0 Å². The maximum absolute atomic E-state index is 10.0. The standard InChI is InChI=1S/C15H14ClN3O2/c16-14-6-12(11(7-17)8-18-14)19-15(13(21)9-20)10-4-2-1-3-5-10/h1-6,8,13,15,20-21H,9H2,(H,18,19). The van der Waals surface area contributed by atoms with Gasteiger partial charge in [0.1, 0.15) is 17.3 Å². The lowest BCUT2D eigenvalue weighted by Gasteiger charge is -2.24. The van der Waals surface area contributed by atoms with Crippen LogP contribution in [0, 0.1) is 11.3 Å². The number of halogens is 1. The average molecular weight is 304 g/mol. The van der Waals surface area contributed by atoms with Crippen LogP contribution in [0.4, 0.5) is 5.69 Å². The van der Waals surface area contributed by atoms with Gasteiger partial charge >= 0.3 is 0 Å². The average Bonchev–Trinajstić information content (AvgIpc) is 2.53.